The minimum Gasteiger partial charge on any atom is -0.506 e. The molecule has 0 aliphatic carbocycles. The third-order valence-corrected chi connectivity index (χ3v) is 2.16. The van der Waals surface area contributed by atoms with Gasteiger partial charge >= 0.3 is 0 Å². The Morgan fingerprint density at radius 3 is 2.85 bits per heavy atom. The van der Waals surface area contributed by atoms with Crippen LogP contribution in [0.15, 0.2) is 24.4 Å². The summed E-state index contributed by atoms with van der Waals surface area (Å²) in [4.78, 5) is 0. The number of aromatic nitrogens is 1. The van der Waals surface area contributed by atoms with E-state index in [1.165, 1.54) is 0 Å². The van der Waals surface area contributed by atoms with Gasteiger partial charge in [-0.05, 0) is 12.1 Å². The Morgan fingerprint density at radius 2 is 2.15 bits per heavy atom. The van der Waals surface area contributed by atoms with Gasteiger partial charge < -0.3 is 14.4 Å². The molecule has 2 rings (SSSR count). The Kier molecular flexibility index (Phi) is 1.65. The number of fused-ring (bicyclic) bond motifs is 1. The lowest BCUT2D eigenvalue weighted by molar-refractivity contribution is 0.418. The number of hydrogen-bond acceptors (Lipinski definition) is 2. The molecule has 0 amide bonds. The topological polar surface area (TPSA) is 34.4 Å². The molecule has 0 aliphatic heterocycles. The second kappa shape index (κ2) is 2.69. The van der Waals surface area contributed by atoms with E-state index >= 15 is 0 Å². The van der Waals surface area contributed by atoms with E-state index in [0.717, 1.165) is 16.7 Å². The van der Waals surface area contributed by atoms with Crippen LogP contribution in [0, 0.1) is 0 Å². The maximum atomic E-state index is 9.54. The fourth-order valence-electron chi connectivity index (χ4n) is 1.58. The largest absolute Gasteiger partial charge is 0.506 e. The van der Waals surface area contributed by atoms with Gasteiger partial charge in [-0.15, -0.1) is 0 Å². The first kappa shape index (κ1) is 7.98. The zero-order chi connectivity index (χ0) is 9.42. The van der Waals surface area contributed by atoms with E-state index in [2.05, 4.69) is 0 Å². The molecule has 3 heteroatoms. The molecule has 0 saturated heterocycles. The summed E-state index contributed by atoms with van der Waals surface area (Å²) in [5, 5.41) is 10.4. The van der Waals surface area contributed by atoms with Gasteiger partial charge in [-0.25, -0.2) is 0 Å². The highest BCUT2D eigenvalue weighted by Crippen LogP contribution is 2.32. The Balaban J connectivity index is 2.88. The van der Waals surface area contributed by atoms with E-state index in [9.17, 15) is 5.11 Å². The molecule has 0 saturated carbocycles. The number of hydrogen-bond donors (Lipinski definition) is 1. The summed E-state index contributed by atoms with van der Waals surface area (Å²) in [5.41, 5.74) is 0.919. The Bertz CT molecular complexity index is 445. The van der Waals surface area contributed by atoms with Crippen molar-refractivity contribution in [1.29, 1.82) is 0 Å². The molecule has 0 fully saturated rings. The number of benzene rings is 1. The molecule has 0 radical (unpaired) electrons. The first-order chi connectivity index (χ1) is 6.24. The van der Waals surface area contributed by atoms with Crippen LogP contribution in [0.25, 0.3) is 10.9 Å². The summed E-state index contributed by atoms with van der Waals surface area (Å²) in [6.07, 6.45) is 1.67. The number of para-hydroxylation sites is 1. The van der Waals surface area contributed by atoms with Gasteiger partial charge in [-0.2, -0.15) is 0 Å². The highest BCUT2D eigenvalue weighted by molar-refractivity contribution is 5.91. The van der Waals surface area contributed by atoms with Crippen molar-refractivity contribution < 1.29 is 9.84 Å². The quantitative estimate of drug-likeness (QED) is 0.721. The average Bonchev–Trinajstić information content (AvgIpc) is 2.43. The van der Waals surface area contributed by atoms with Crippen LogP contribution in [-0.2, 0) is 7.05 Å². The fraction of sp³-hybridized carbons (Fsp3) is 0.200. The van der Waals surface area contributed by atoms with Crippen molar-refractivity contribution in [3.05, 3.63) is 24.4 Å². The molecule has 0 spiro atoms. The van der Waals surface area contributed by atoms with Crippen LogP contribution >= 0.6 is 0 Å². The van der Waals surface area contributed by atoms with Crippen LogP contribution in [-0.4, -0.2) is 16.8 Å². The van der Waals surface area contributed by atoms with E-state index < -0.39 is 0 Å². The molecule has 0 unspecified atom stereocenters. The van der Waals surface area contributed by atoms with Gasteiger partial charge in [0, 0.05) is 18.6 Å². The van der Waals surface area contributed by atoms with Gasteiger partial charge in [0.15, 0.2) is 0 Å². The second-order valence-corrected chi connectivity index (χ2v) is 2.98. The molecular formula is C10H11NO2. The lowest BCUT2D eigenvalue weighted by Gasteiger charge is -2.03. The molecule has 1 heterocycles. The van der Waals surface area contributed by atoms with Crippen LogP contribution in [0.3, 0.4) is 0 Å². The Morgan fingerprint density at radius 1 is 1.38 bits per heavy atom. The van der Waals surface area contributed by atoms with Crippen molar-refractivity contribution in [3.8, 4) is 11.5 Å². The third-order valence-electron chi connectivity index (χ3n) is 2.16. The highest BCUT2D eigenvalue weighted by Gasteiger charge is 2.08. The number of nitrogens with zero attached hydrogens (tertiary/aromatic N) is 1. The Labute approximate surface area is 76.2 Å². The van der Waals surface area contributed by atoms with Crippen LogP contribution in [0.2, 0.25) is 0 Å². The normalized spacial score (nSPS) is 10.6. The molecule has 0 aliphatic rings. The van der Waals surface area contributed by atoms with Gasteiger partial charge in [0.05, 0.1) is 12.6 Å². The first-order valence-electron chi connectivity index (χ1n) is 4.05. The third kappa shape index (κ3) is 1.04. The van der Waals surface area contributed by atoms with E-state index in [-0.39, 0.29) is 5.75 Å². The molecule has 1 aromatic heterocycles. The van der Waals surface area contributed by atoms with E-state index in [4.69, 9.17) is 4.74 Å². The van der Waals surface area contributed by atoms with Crippen molar-refractivity contribution in [1.82, 2.24) is 4.57 Å². The van der Waals surface area contributed by atoms with Crippen molar-refractivity contribution >= 4 is 10.9 Å². The second-order valence-electron chi connectivity index (χ2n) is 2.98. The zero-order valence-electron chi connectivity index (χ0n) is 7.61. The standard InChI is InChI=1S/C10H11NO2/c1-11-6-8(12)7-4-3-5-9(13-2)10(7)11/h3-6,12H,1-2H3. The summed E-state index contributed by atoms with van der Waals surface area (Å²) < 4.78 is 7.04. The number of aromatic hydroxyl groups is 1. The van der Waals surface area contributed by atoms with Crippen LogP contribution in [0.4, 0.5) is 0 Å². The van der Waals surface area contributed by atoms with Crippen molar-refractivity contribution in [2.75, 3.05) is 7.11 Å². The van der Waals surface area contributed by atoms with Crippen molar-refractivity contribution in [2.24, 2.45) is 7.05 Å². The SMILES string of the molecule is COc1cccc2c(O)cn(C)c12. The summed E-state index contributed by atoms with van der Waals surface area (Å²) in [7, 11) is 3.50. The summed E-state index contributed by atoms with van der Waals surface area (Å²) in [5.74, 6) is 1.07. The number of rotatable bonds is 1. The fourth-order valence-corrected chi connectivity index (χ4v) is 1.58. The monoisotopic (exact) mass is 177 g/mol. The molecule has 3 nitrogen and oxygen atoms in total. The van der Waals surface area contributed by atoms with Crippen molar-refractivity contribution in [2.45, 2.75) is 0 Å². The predicted octanol–water partition coefficient (Wildman–Crippen LogP) is 1.89. The average molecular weight is 177 g/mol. The lowest BCUT2D eigenvalue weighted by atomic mass is 10.2. The lowest BCUT2D eigenvalue weighted by Crippen LogP contribution is -1.89. The zero-order valence-corrected chi connectivity index (χ0v) is 7.61. The van der Waals surface area contributed by atoms with Crippen LogP contribution in [0.5, 0.6) is 11.5 Å². The molecular weight excluding hydrogens is 166 g/mol. The highest BCUT2D eigenvalue weighted by atomic mass is 16.5. The van der Waals surface area contributed by atoms with E-state index in [1.54, 1.807) is 13.3 Å². The molecule has 68 valence electrons. The minimum atomic E-state index is 0.288. The molecule has 0 atom stereocenters. The van der Waals surface area contributed by atoms with E-state index in [0.29, 0.717) is 0 Å². The van der Waals surface area contributed by atoms with E-state index in [1.807, 2.05) is 29.8 Å². The minimum absolute atomic E-state index is 0.288. The predicted molar refractivity (Wildman–Crippen MR) is 51.1 cm³/mol. The van der Waals surface area contributed by atoms with Gasteiger partial charge in [-0.1, -0.05) is 6.07 Å². The van der Waals surface area contributed by atoms with Crippen molar-refractivity contribution in [3.63, 3.8) is 0 Å². The first-order valence-corrected chi connectivity index (χ1v) is 4.05. The summed E-state index contributed by atoms with van der Waals surface area (Å²) in [6.45, 7) is 0. The molecule has 2 aromatic rings. The number of methoxy groups -OCH3 is 1. The summed E-state index contributed by atoms with van der Waals surface area (Å²) >= 11 is 0. The summed E-state index contributed by atoms with van der Waals surface area (Å²) in [6, 6.07) is 5.61. The van der Waals surface area contributed by atoms with Gasteiger partial charge in [0.2, 0.25) is 0 Å². The maximum absolute atomic E-state index is 9.54. The van der Waals surface area contributed by atoms with Gasteiger partial charge in [0.1, 0.15) is 11.5 Å². The number of ether oxygens (including phenoxy) is 1. The smallest absolute Gasteiger partial charge is 0.143 e. The van der Waals surface area contributed by atoms with Crippen LogP contribution in [0.1, 0.15) is 0 Å². The number of aryl methyl sites for hydroxylation is 1. The molecule has 1 aromatic carbocycles. The molecule has 0 bridgehead atoms. The Hall–Kier alpha value is -1.64. The van der Waals surface area contributed by atoms with Crippen LogP contribution < -0.4 is 4.74 Å². The molecule has 1 N–H and O–H groups in total. The maximum Gasteiger partial charge on any atom is 0.143 e. The molecule has 13 heavy (non-hydrogen) atoms. The van der Waals surface area contributed by atoms with Gasteiger partial charge in [0.25, 0.3) is 0 Å². The van der Waals surface area contributed by atoms with Gasteiger partial charge in [-0.3, -0.25) is 0 Å².